The van der Waals surface area contributed by atoms with E-state index >= 15 is 0 Å². The maximum absolute atomic E-state index is 13.7. The van der Waals surface area contributed by atoms with Crippen LogP contribution in [0.15, 0.2) is 102 Å². The number of nitrogens with one attached hydrogen (secondary N) is 2. The molecule has 0 saturated carbocycles. The van der Waals surface area contributed by atoms with Crippen LogP contribution >= 0.6 is 0 Å². The number of aromatic nitrogens is 1. The van der Waals surface area contributed by atoms with Gasteiger partial charge in [-0.05, 0) is 65.7 Å². The molecular formula is C28H27FN4O4S. The van der Waals surface area contributed by atoms with Crippen molar-refractivity contribution in [2.24, 2.45) is 0 Å². The normalized spacial score (nSPS) is 11.2. The van der Waals surface area contributed by atoms with Crippen LogP contribution in [0.25, 0.3) is 0 Å². The molecule has 4 rings (SSSR count). The molecule has 0 atom stereocenters. The maximum Gasteiger partial charge on any atom is 0.319 e. The van der Waals surface area contributed by atoms with E-state index in [1.807, 2.05) is 0 Å². The second-order valence-electron chi connectivity index (χ2n) is 8.40. The molecule has 0 aliphatic carbocycles. The summed E-state index contributed by atoms with van der Waals surface area (Å²) in [6, 6.07) is 22.0. The Morgan fingerprint density at radius 1 is 0.895 bits per heavy atom. The molecule has 2 N–H and O–H groups in total. The number of hydrogen-bond acceptors (Lipinski definition) is 5. The molecular weight excluding hydrogens is 507 g/mol. The van der Waals surface area contributed by atoms with Gasteiger partial charge < -0.3 is 15.4 Å². The standard InChI is InChI=1S/C28H27FN4O4S/c1-37-27-5-3-2-4-23(27)20-33(19-22-6-8-24(29)9-7-22)38(35,36)26-12-10-25(11-13-26)32-28(34)31-18-21-14-16-30-17-15-21/h2-17H,18-20H2,1H3,(H2,31,32,34). The molecule has 1 heterocycles. The summed E-state index contributed by atoms with van der Waals surface area (Å²) in [6.07, 6.45) is 3.28. The molecule has 0 radical (unpaired) electrons. The Balaban J connectivity index is 1.52. The number of pyridine rings is 1. The molecule has 1 aromatic heterocycles. The van der Waals surface area contributed by atoms with Gasteiger partial charge in [0, 0.05) is 43.3 Å². The molecule has 0 aliphatic rings. The summed E-state index contributed by atoms with van der Waals surface area (Å²) >= 11 is 0. The third-order valence-electron chi connectivity index (χ3n) is 5.76. The SMILES string of the molecule is COc1ccccc1CN(Cc1ccc(F)cc1)S(=O)(=O)c1ccc(NC(=O)NCc2ccncc2)cc1. The van der Waals surface area contributed by atoms with Crippen molar-refractivity contribution in [3.05, 3.63) is 120 Å². The fourth-order valence-electron chi connectivity index (χ4n) is 3.76. The average molecular weight is 535 g/mol. The molecule has 0 unspecified atom stereocenters. The lowest BCUT2D eigenvalue weighted by Gasteiger charge is -2.23. The molecule has 10 heteroatoms. The Morgan fingerprint density at radius 2 is 1.58 bits per heavy atom. The minimum Gasteiger partial charge on any atom is -0.496 e. The van der Waals surface area contributed by atoms with E-state index in [2.05, 4.69) is 15.6 Å². The van der Waals surface area contributed by atoms with E-state index in [1.165, 1.54) is 47.8 Å². The number of carbonyl (C=O) groups is 1. The Bertz CT molecular complexity index is 1470. The first kappa shape index (κ1) is 26.8. The number of nitrogens with zero attached hydrogens (tertiary/aromatic N) is 2. The van der Waals surface area contributed by atoms with Crippen molar-refractivity contribution in [2.45, 2.75) is 24.5 Å². The zero-order chi connectivity index (χ0) is 27.0. The quantitative estimate of drug-likeness (QED) is 0.300. The number of urea groups is 1. The van der Waals surface area contributed by atoms with E-state index < -0.39 is 21.9 Å². The molecule has 0 bridgehead atoms. The molecule has 2 amide bonds. The predicted octanol–water partition coefficient (Wildman–Crippen LogP) is 4.94. The highest BCUT2D eigenvalue weighted by atomic mass is 32.2. The summed E-state index contributed by atoms with van der Waals surface area (Å²) in [5, 5.41) is 5.43. The van der Waals surface area contributed by atoms with Crippen LogP contribution in [0, 0.1) is 5.82 Å². The van der Waals surface area contributed by atoms with Crippen LogP contribution in [0.4, 0.5) is 14.9 Å². The average Bonchev–Trinajstić information content (AvgIpc) is 2.94. The van der Waals surface area contributed by atoms with Crippen LogP contribution in [0.1, 0.15) is 16.7 Å². The van der Waals surface area contributed by atoms with E-state index in [0.29, 0.717) is 29.1 Å². The van der Waals surface area contributed by atoms with Crippen LogP contribution in [-0.4, -0.2) is 30.8 Å². The van der Waals surface area contributed by atoms with Gasteiger partial charge in [-0.15, -0.1) is 0 Å². The maximum atomic E-state index is 13.7. The first-order valence-corrected chi connectivity index (χ1v) is 13.2. The lowest BCUT2D eigenvalue weighted by atomic mass is 10.2. The van der Waals surface area contributed by atoms with Gasteiger partial charge in [0.15, 0.2) is 0 Å². The van der Waals surface area contributed by atoms with Gasteiger partial charge >= 0.3 is 6.03 Å². The number of sulfonamides is 1. The smallest absolute Gasteiger partial charge is 0.319 e. The molecule has 8 nitrogen and oxygen atoms in total. The second kappa shape index (κ2) is 12.3. The Labute approximate surface area is 221 Å². The van der Waals surface area contributed by atoms with E-state index in [9.17, 15) is 17.6 Å². The molecule has 0 fully saturated rings. The van der Waals surface area contributed by atoms with Crippen molar-refractivity contribution >= 4 is 21.7 Å². The summed E-state index contributed by atoms with van der Waals surface area (Å²) < 4.78 is 47.6. The largest absolute Gasteiger partial charge is 0.496 e. The zero-order valence-corrected chi connectivity index (χ0v) is 21.5. The number of ether oxygens (including phenoxy) is 1. The van der Waals surface area contributed by atoms with Gasteiger partial charge in [-0.2, -0.15) is 4.31 Å². The molecule has 38 heavy (non-hydrogen) atoms. The molecule has 4 aromatic rings. The third kappa shape index (κ3) is 6.93. The molecule has 0 saturated heterocycles. The van der Waals surface area contributed by atoms with Gasteiger partial charge in [-0.1, -0.05) is 30.3 Å². The highest BCUT2D eigenvalue weighted by molar-refractivity contribution is 7.89. The summed E-state index contributed by atoms with van der Waals surface area (Å²) in [5.41, 5.74) is 2.65. The summed E-state index contributed by atoms with van der Waals surface area (Å²) in [5.74, 6) is 0.157. The first-order chi connectivity index (χ1) is 18.3. The van der Waals surface area contributed by atoms with E-state index in [1.54, 1.807) is 60.9 Å². The lowest BCUT2D eigenvalue weighted by Crippen LogP contribution is -2.30. The highest BCUT2D eigenvalue weighted by Crippen LogP contribution is 2.26. The lowest BCUT2D eigenvalue weighted by molar-refractivity contribution is 0.251. The monoisotopic (exact) mass is 534 g/mol. The van der Waals surface area contributed by atoms with Crippen molar-refractivity contribution in [2.75, 3.05) is 12.4 Å². The third-order valence-corrected chi connectivity index (χ3v) is 7.57. The van der Waals surface area contributed by atoms with Gasteiger partial charge in [0.25, 0.3) is 0 Å². The van der Waals surface area contributed by atoms with Crippen LogP contribution in [0.2, 0.25) is 0 Å². The van der Waals surface area contributed by atoms with Crippen molar-refractivity contribution in [1.82, 2.24) is 14.6 Å². The number of amides is 2. The number of methoxy groups -OCH3 is 1. The topological polar surface area (TPSA) is 101 Å². The number of benzene rings is 3. The number of halogens is 1. The zero-order valence-electron chi connectivity index (χ0n) is 20.7. The van der Waals surface area contributed by atoms with Crippen LogP contribution in [-0.2, 0) is 29.7 Å². The number of hydrogen-bond donors (Lipinski definition) is 2. The molecule has 196 valence electrons. The van der Waals surface area contributed by atoms with E-state index in [4.69, 9.17) is 4.74 Å². The minimum atomic E-state index is -3.97. The Morgan fingerprint density at radius 3 is 2.26 bits per heavy atom. The second-order valence-corrected chi connectivity index (χ2v) is 10.3. The fourth-order valence-corrected chi connectivity index (χ4v) is 5.17. The first-order valence-electron chi connectivity index (χ1n) is 11.8. The van der Waals surface area contributed by atoms with Crippen molar-refractivity contribution < 1.29 is 22.3 Å². The van der Waals surface area contributed by atoms with Crippen LogP contribution < -0.4 is 15.4 Å². The molecule has 3 aromatic carbocycles. The minimum absolute atomic E-state index is 0.0259. The highest BCUT2D eigenvalue weighted by Gasteiger charge is 2.26. The van der Waals surface area contributed by atoms with Gasteiger partial charge in [0.05, 0.1) is 12.0 Å². The van der Waals surface area contributed by atoms with Crippen molar-refractivity contribution in [1.29, 1.82) is 0 Å². The van der Waals surface area contributed by atoms with E-state index in [0.717, 1.165) is 5.56 Å². The summed E-state index contributed by atoms with van der Waals surface area (Å²) in [6.45, 7) is 0.390. The van der Waals surface area contributed by atoms with Gasteiger partial charge in [0.2, 0.25) is 10.0 Å². The van der Waals surface area contributed by atoms with Gasteiger partial charge in [-0.3, -0.25) is 4.98 Å². The Hall–Kier alpha value is -4.28. The van der Waals surface area contributed by atoms with E-state index in [-0.39, 0.29) is 18.0 Å². The van der Waals surface area contributed by atoms with Crippen LogP contribution in [0.5, 0.6) is 5.75 Å². The Kier molecular flexibility index (Phi) is 8.67. The van der Waals surface area contributed by atoms with Crippen molar-refractivity contribution in [3.8, 4) is 5.75 Å². The number of anilines is 1. The fraction of sp³-hybridized carbons (Fsp3) is 0.143. The van der Waals surface area contributed by atoms with Gasteiger partial charge in [0.1, 0.15) is 11.6 Å². The summed E-state index contributed by atoms with van der Waals surface area (Å²) in [4.78, 5) is 16.3. The predicted molar refractivity (Wildman–Crippen MR) is 142 cm³/mol. The van der Waals surface area contributed by atoms with Crippen molar-refractivity contribution in [3.63, 3.8) is 0 Å². The number of carbonyl (C=O) groups excluding carboxylic acids is 1. The van der Waals surface area contributed by atoms with Crippen LogP contribution in [0.3, 0.4) is 0 Å². The molecule has 0 spiro atoms. The van der Waals surface area contributed by atoms with Gasteiger partial charge in [-0.25, -0.2) is 17.6 Å². The number of para-hydroxylation sites is 1. The summed E-state index contributed by atoms with van der Waals surface area (Å²) in [7, 11) is -2.45. The number of rotatable bonds is 10. The molecule has 0 aliphatic heterocycles.